The van der Waals surface area contributed by atoms with Crippen molar-refractivity contribution in [1.29, 1.82) is 0 Å². The van der Waals surface area contributed by atoms with Crippen molar-refractivity contribution < 1.29 is 19.7 Å². The number of fused-ring (bicyclic) bond motifs is 1. The molecule has 0 unspecified atom stereocenters. The Morgan fingerprint density at radius 3 is 2.80 bits per heavy atom. The van der Waals surface area contributed by atoms with E-state index in [1.807, 2.05) is 0 Å². The Morgan fingerprint density at radius 2 is 2.12 bits per heavy atom. The molecule has 3 heterocycles. The number of hydrogen-bond donors (Lipinski definition) is 3. The first-order chi connectivity index (χ1) is 12.1. The van der Waals surface area contributed by atoms with Gasteiger partial charge >= 0.3 is 6.01 Å². The summed E-state index contributed by atoms with van der Waals surface area (Å²) in [7, 11) is 0. The summed E-state index contributed by atoms with van der Waals surface area (Å²) in [6.45, 7) is -0.333. The van der Waals surface area contributed by atoms with Crippen LogP contribution in [0.25, 0.3) is 11.2 Å². The lowest BCUT2D eigenvalue weighted by Crippen LogP contribution is -2.29. The summed E-state index contributed by atoms with van der Waals surface area (Å²) in [5, 5.41) is 18.6. The number of nitrogens with two attached hydrogens (primary N) is 1. The summed E-state index contributed by atoms with van der Waals surface area (Å²) in [6.07, 6.45) is 3.29. The van der Waals surface area contributed by atoms with Gasteiger partial charge in [-0.2, -0.15) is 9.97 Å². The number of nitrogens with zero attached hydrogens (tertiary/aromatic N) is 4. The molecular weight excluding hydrogens is 350 g/mol. The van der Waals surface area contributed by atoms with Crippen LogP contribution in [-0.2, 0) is 4.74 Å². The average Bonchev–Trinajstić information content (AvgIpc) is 3.30. The molecule has 0 radical (unpaired) electrons. The van der Waals surface area contributed by atoms with Gasteiger partial charge in [0.15, 0.2) is 23.2 Å². The first kappa shape index (κ1) is 16.8. The molecule has 25 heavy (non-hydrogen) atoms. The summed E-state index contributed by atoms with van der Waals surface area (Å²) in [6, 6.07) is 0.196. The number of nitrogen functional groups attached to an aromatic ring is 1. The van der Waals surface area contributed by atoms with E-state index in [4.69, 9.17) is 26.8 Å². The molecule has 4 atom stereocenters. The number of alkyl halides is 1. The van der Waals surface area contributed by atoms with Crippen LogP contribution < -0.4 is 10.5 Å². The Hall–Kier alpha value is -1.68. The van der Waals surface area contributed by atoms with Crippen LogP contribution in [0.5, 0.6) is 6.01 Å². The molecular formula is C15H20ClN5O4. The van der Waals surface area contributed by atoms with Gasteiger partial charge in [0.25, 0.3) is 0 Å². The topological polar surface area (TPSA) is 129 Å². The molecule has 4 N–H and O–H groups in total. The third kappa shape index (κ3) is 2.91. The van der Waals surface area contributed by atoms with Crippen molar-refractivity contribution in [2.24, 2.45) is 0 Å². The number of rotatable bonds is 4. The molecule has 0 spiro atoms. The second-order valence-electron chi connectivity index (χ2n) is 6.42. The normalized spacial score (nSPS) is 30.4. The van der Waals surface area contributed by atoms with Gasteiger partial charge in [0.05, 0.1) is 12.9 Å². The zero-order chi connectivity index (χ0) is 17.6. The van der Waals surface area contributed by atoms with Crippen molar-refractivity contribution >= 4 is 28.6 Å². The number of aliphatic hydroxyl groups is 2. The molecule has 136 valence electrons. The second-order valence-corrected chi connectivity index (χ2v) is 6.93. The summed E-state index contributed by atoms with van der Waals surface area (Å²) in [5.41, 5.74) is 6.82. The number of halogens is 1. The quantitative estimate of drug-likeness (QED) is 0.668. The predicted molar refractivity (Wildman–Crippen MR) is 89.3 cm³/mol. The number of hydrogen-bond acceptors (Lipinski definition) is 8. The van der Waals surface area contributed by atoms with Crippen LogP contribution in [0.2, 0.25) is 0 Å². The monoisotopic (exact) mass is 369 g/mol. The van der Waals surface area contributed by atoms with Gasteiger partial charge in [-0.25, -0.2) is 4.98 Å². The summed E-state index contributed by atoms with van der Waals surface area (Å²) >= 11 is 6.27. The van der Waals surface area contributed by atoms with E-state index in [9.17, 15) is 10.2 Å². The maximum atomic E-state index is 10.1. The Morgan fingerprint density at radius 1 is 1.36 bits per heavy atom. The van der Waals surface area contributed by atoms with Gasteiger partial charge < -0.3 is 25.4 Å². The van der Waals surface area contributed by atoms with E-state index in [1.165, 1.54) is 6.33 Å². The molecule has 2 aromatic rings. The van der Waals surface area contributed by atoms with E-state index < -0.39 is 23.8 Å². The first-order valence-electron chi connectivity index (χ1n) is 8.33. The van der Waals surface area contributed by atoms with Gasteiger partial charge in [-0.3, -0.25) is 4.57 Å². The summed E-state index contributed by atoms with van der Waals surface area (Å²) < 4.78 is 13.1. The molecule has 2 aliphatic rings. The molecule has 0 bridgehead atoms. The number of anilines is 1. The van der Waals surface area contributed by atoms with Crippen molar-refractivity contribution in [3.63, 3.8) is 0 Å². The number of aromatic nitrogens is 4. The van der Waals surface area contributed by atoms with Crippen molar-refractivity contribution in [3.05, 3.63) is 6.33 Å². The Bertz CT molecular complexity index is 766. The van der Waals surface area contributed by atoms with Crippen molar-refractivity contribution in [1.82, 2.24) is 19.5 Å². The largest absolute Gasteiger partial charge is 0.460 e. The summed E-state index contributed by atoms with van der Waals surface area (Å²) in [4.78, 5) is 12.8. The van der Waals surface area contributed by atoms with Gasteiger partial charge in [0, 0.05) is 0 Å². The lowest BCUT2D eigenvalue weighted by Gasteiger charge is -2.17. The molecule has 9 nitrogen and oxygen atoms in total. The van der Waals surface area contributed by atoms with E-state index in [1.54, 1.807) is 4.57 Å². The van der Waals surface area contributed by atoms with Crippen LogP contribution in [0.3, 0.4) is 0 Å². The van der Waals surface area contributed by atoms with Gasteiger partial charge in [-0.15, -0.1) is 11.6 Å². The van der Waals surface area contributed by atoms with Gasteiger partial charge in [-0.05, 0) is 25.7 Å². The van der Waals surface area contributed by atoms with Crippen molar-refractivity contribution in [3.8, 4) is 6.01 Å². The molecule has 1 saturated carbocycles. The van der Waals surface area contributed by atoms with E-state index in [0.29, 0.717) is 11.2 Å². The number of aliphatic hydroxyl groups excluding tert-OH is 2. The highest BCUT2D eigenvalue weighted by Gasteiger charge is 2.44. The maximum absolute atomic E-state index is 10.1. The standard InChI is InChI=1S/C15H20ClN5O4/c16-9-11(23)8(5-22)25-14(9)21-6-18-10-12(17)19-15(20-13(10)21)24-7-3-1-2-4-7/h6-9,11,14,22-23H,1-5H2,(H2,17,19,20)/t8-,9+,11-,14-/m1/s1. The fourth-order valence-corrected chi connectivity index (χ4v) is 3.73. The van der Waals surface area contributed by atoms with Gasteiger partial charge in [0.1, 0.15) is 23.7 Å². The van der Waals surface area contributed by atoms with Crippen LogP contribution >= 0.6 is 11.6 Å². The highest BCUT2D eigenvalue weighted by molar-refractivity contribution is 6.21. The minimum atomic E-state index is -0.998. The zero-order valence-corrected chi connectivity index (χ0v) is 14.2. The molecule has 2 fully saturated rings. The zero-order valence-electron chi connectivity index (χ0n) is 13.5. The highest BCUT2D eigenvalue weighted by Crippen LogP contribution is 2.35. The van der Waals surface area contributed by atoms with Crippen LogP contribution in [-0.4, -0.2) is 60.0 Å². The Kier molecular flexibility index (Phi) is 4.40. The fourth-order valence-electron chi connectivity index (χ4n) is 3.39. The maximum Gasteiger partial charge on any atom is 0.320 e. The van der Waals surface area contributed by atoms with Crippen LogP contribution in [0, 0.1) is 0 Å². The first-order valence-corrected chi connectivity index (χ1v) is 8.77. The minimum absolute atomic E-state index is 0.0947. The van der Waals surface area contributed by atoms with Crippen LogP contribution in [0.1, 0.15) is 31.9 Å². The third-order valence-corrected chi connectivity index (χ3v) is 5.22. The molecule has 4 rings (SSSR count). The average molecular weight is 370 g/mol. The molecule has 0 amide bonds. The highest BCUT2D eigenvalue weighted by atomic mass is 35.5. The van der Waals surface area contributed by atoms with E-state index in [-0.39, 0.29) is 24.5 Å². The Labute approximate surface area is 148 Å². The van der Waals surface area contributed by atoms with E-state index in [0.717, 1.165) is 25.7 Å². The molecule has 10 heteroatoms. The predicted octanol–water partition coefficient (Wildman–Crippen LogP) is 0.588. The number of imidazole rings is 1. The number of ether oxygens (including phenoxy) is 2. The molecule has 2 aromatic heterocycles. The Balaban J connectivity index is 1.68. The van der Waals surface area contributed by atoms with E-state index >= 15 is 0 Å². The molecule has 1 saturated heterocycles. The van der Waals surface area contributed by atoms with Gasteiger partial charge in [-0.1, -0.05) is 0 Å². The van der Waals surface area contributed by atoms with Crippen LogP contribution in [0.4, 0.5) is 5.82 Å². The molecule has 1 aliphatic heterocycles. The van der Waals surface area contributed by atoms with E-state index in [2.05, 4.69) is 15.0 Å². The fraction of sp³-hybridized carbons (Fsp3) is 0.667. The minimum Gasteiger partial charge on any atom is -0.460 e. The molecule has 0 aromatic carbocycles. The third-order valence-electron chi connectivity index (χ3n) is 4.75. The van der Waals surface area contributed by atoms with Crippen molar-refractivity contribution in [2.75, 3.05) is 12.3 Å². The van der Waals surface area contributed by atoms with Crippen molar-refractivity contribution in [2.45, 2.75) is 55.6 Å². The molecule has 1 aliphatic carbocycles. The van der Waals surface area contributed by atoms with Gasteiger partial charge in [0.2, 0.25) is 0 Å². The smallest absolute Gasteiger partial charge is 0.320 e. The lowest BCUT2D eigenvalue weighted by atomic mass is 10.2. The SMILES string of the molecule is Nc1nc(OC2CCCC2)nc2c1ncn2[C@@H]1O[C@H](CO)[C@@H](O)[C@@H]1Cl. The van der Waals surface area contributed by atoms with Crippen LogP contribution in [0.15, 0.2) is 6.33 Å². The summed E-state index contributed by atoms with van der Waals surface area (Å²) in [5.74, 6) is 0.208. The second kappa shape index (κ2) is 6.56. The lowest BCUT2D eigenvalue weighted by molar-refractivity contribution is -0.0431.